The number of carboxylic acids is 1. The molecule has 0 saturated carbocycles. The Kier molecular flexibility index (Phi) is 1.19. The van der Waals surface area contributed by atoms with Gasteiger partial charge in [0, 0.05) is 0 Å². The molecule has 0 atom stereocenters. The van der Waals surface area contributed by atoms with Gasteiger partial charge >= 0.3 is 16.4 Å². The van der Waals surface area contributed by atoms with Crippen LogP contribution in [0.4, 0.5) is 0 Å². The fourth-order valence-electron chi connectivity index (χ4n) is 0.304. The predicted molar refractivity (Wildman–Crippen MR) is 22.5 cm³/mol. The first-order valence-electron chi connectivity index (χ1n) is 1.85. The second-order valence-electron chi connectivity index (χ2n) is 1.27. The van der Waals surface area contributed by atoms with Crippen molar-refractivity contribution in [2.75, 3.05) is 0 Å². The van der Waals surface area contributed by atoms with E-state index in [1.54, 1.807) is 0 Å². The first-order valence-corrected chi connectivity index (χ1v) is 3.19. The minimum absolute atomic E-state index is 1.45. The van der Waals surface area contributed by atoms with Crippen molar-refractivity contribution in [1.82, 2.24) is 0 Å². The van der Waals surface area contributed by atoms with Crippen molar-refractivity contribution in [3.63, 3.8) is 0 Å². The Morgan fingerprint density at radius 1 is 1.44 bits per heavy atom. The Bertz CT molecular complexity index is 213. The van der Waals surface area contributed by atoms with Crippen molar-refractivity contribution in [2.45, 2.75) is 6.29 Å². The Labute approximate surface area is 50.3 Å². The number of aliphatic carboxylic acids is 1. The molecule has 1 fully saturated rings. The molecule has 0 amide bonds. The Hall–Kier alpha value is -0.660. The summed E-state index contributed by atoms with van der Waals surface area (Å²) in [6.45, 7) is 0. The molecule has 0 aromatic rings. The Balaban J connectivity index is 2.55. The second-order valence-corrected chi connectivity index (χ2v) is 2.47. The highest BCUT2D eigenvalue weighted by atomic mass is 32.3. The van der Waals surface area contributed by atoms with Gasteiger partial charge in [0.05, 0.1) is 0 Å². The summed E-state index contributed by atoms with van der Waals surface area (Å²) in [5.74, 6) is -1.45. The molecule has 0 aromatic carbocycles. The van der Waals surface area contributed by atoms with Gasteiger partial charge in [-0.05, 0) is 0 Å². The molecule has 0 radical (unpaired) electrons. The molecule has 1 aliphatic rings. The summed E-state index contributed by atoms with van der Waals surface area (Å²) in [5, 5.41) is 7.95. The molecule has 0 spiro atoms. The van der Waals surface area contributed by atoms with Gasteiger partial charge in [-0.25, -0.2) is 13.2 Å². The molecule has 1 N–H and O–H groups in total. The minimum atomic E-state index is -3.96. The van der Waals surface area contributed by atoms with Crippen LogP contribution in [-0.4, -0.2) is 25.8 Å². The summed E-state index contributed by atoms with van der Waals surface area (Å²) < 4.78 is 27.3. The SMILES string of the molecule is O=C(O)C1OS(=O)(=O)O1. The first-order chi connectivity index (χ1) is 4.01. The van der Waals surface area contributed by atoms with E-state index in [9.17, 15) is 13.2 Å². The lowest BCUT2D eigenvalue weighted by Gasteiger charge is -2.20. The molecule has 1 aliphatic heterocycles. The molecular formula is C2H2O6S. The van der Waals surface area contributed by atoms with Gasteiger partial charge in [0.1, 0.15) is 0 Å². The molecule has 1 heterocycles. The first kappa shape index (κ1) is 6.46. The second kappa shape index (κ2) is 1.66. The fourth-order valence-corrected chi connectivity index (χ4v) is 0.911. The predicted octanol–water partition coefficient (Wildman–Crippen LogP) is -1.31. The Morgan fingerprint density at radius 2 is 1.89 bits per heavy atom. The highest BCUT2D eigenvalue weighted by molar-refractivity contribution is 7.82. The van der Waals surface area contributed by atoms with Gasteiger partial charge in [0.15, 0.2) is 0 Å². The quantitative estimate of drug-likeness (QED) is 0.504. The van der Waals surface area contributed by atoms with Crippen LogP contribution in [0.5, 0.6) is 0 Å². The van der Waals surface area contributed by atoms with Crippen LogP contribution in [0.3, 0.4) is 0 Å². The lowest BCUT2D eigenvalue weighted by atomic mass is 10.7. The molecular weight excluding hydrogens is 152 g/mol. The third kappa shape index (κ3) is 1.18. The van der Waals surface area contributed by atoms with E-state index < -0.39 is 22.7 Å². The maximum Gasteiger partial charge on any atom is 0.406 e. The number of carbonyl (C=O) groups is 1. The number of hydrogen-bond acceptors (Lipinski definition) is 5. The van der Waals surface area contributed by atoms with Gasteiger partial charge in [-0.1, -0.05) is 0 Å². The maximum atomic E-state index is 9.89. The van der Waals surface area contributed by atoms with Crippen LogP contribution in [0.2, 0.25) is 0 Å². The third-order valence-corrected chi connectivity index (χ3v) is 1.43. The van der Waals surface area contributed by atoms with Crippen LogP contribution in [-0.2, 0) is 23.6 Å². The van der Waals surface area contributed by atoms with Crippen LogP contribution >= 0.6 is 0 Å². The molecule has 0 bridgehead atoms. The lowest BCUT2D eigenvalue weighted by molar-refractivity contribution is -0.171. The molecule has 52 valence electrons. The van der Waals surface area contributed by atoms with Gasteiger partial charge < -0.3 is 5.11 Å². The van der Waals surface area contributed by atoms with Gasteiger partial charge in [-0.3, -0.25) is 0 Å². The molecule has 1 saturated heterocycles. The van der Waals surface area contributed by atoms with Gasteiger partial charge in [0.2, 0.25) is 0 Å². The van der Waals surface area contributed by atoms with Crippen molar-refractivity contribution in [1.29, 1.82) is 0 Å². The average Bonchev–Trinajstić information content (AvgIpc) is 1.59. The highest BCUT2D eigenvalue weighted by Crippen LogP contribution is 2.17. The minimum Gasteiger partial charge on any atom is -0.477 e. The van der Waals surface area contributed by atoms with E-state index in [0.29, 0.717) is 0 Å². The summed E-state index contributed by atoms with van der Waals surface area (Å²) >= 11 is 0. The van der Waals surface area contributed by atoms with Crippen LogP contribution < -0.4 is 0 Å². The van der Waals surface area contributed by atoms with Crippen LogP contribution in [0.25, 0.3) is 0 Å². The lowest BCUT2D eigenvalue weighted by Crippen LogP contribution is -2.42. The van der Waals surface area contributed by atoms with Crippen molar-refractivity contribution < 1.29 is 26.7 Å². The average molecular weight is 154 g/mol. The zero-order chi connectivity index (χ0) is 7.07. The molecule has 1 rings (SSSR count). The summed E-state index contributed by atoms with van der Waals surface area (Å²) in [4.78, 5) is 9.75. The van der Waals surface area contributed by atoms with E-state index in [0.717, 1.165) is 0 Å². The van der Waals surface area contributed by atoms with E-state index in [4.69, 9.17) is 5.11 Å². The van der Waals surface area contributed by atoms with Crippen molar-refractivity contribution in [3.05, 3.63) is 0 Å². The summed E-state index contributed by atoms with van der Waals surface area (Å²) in [6.07, 6.45) is -1.64. The van der Waals surface area contributed by atoms with Crippen LogP contribution in [0, 0.1) is 0 Å². The Morgan fingerprint density at radius 3 is 2.00 bits per heavy atom. The van der Waals surface area contributed by atoms with E-state index in [1.165, 1.54) is 0 Å². The van der Waals surface area contributed by atoms with Gasteiger partial charge in [-0.15, -0.1) is 0 Å². The summed E-state index contributed by atoms with van der Waals surface area (Å²) in [7, 11) is -3.96. The topological polar surface area (TPSA) is 89.9 Å². The molecule has 0 aromatic heterocycles. The largest absolute Gasteiger partial charge is 0.477 e. The van der Waals surface area contributed by atoms with E-state index >= 15 is 0 Å². The molecule has 0 aliphatic carbocycles. The zero-order valence-corrected chi connectivity index (χ0v) is 4.79. The molecule has 9 heavy (non-hydrogen) atoms. The van der Waals surface area contributed by atoms with Crippen LogP contribution in [0.1, 0.15) is 0 Å². The van der Waals surface area contributed by atoms with E-state index in [2.05, 4.69) is 8.37 Å². The molecule has 0 unspecified atom stereocenters. The highest BCUT2D eigenvalue weighted by Gasteiger charge is 2.41. The summed E-state index contributed by atoms with van der Waals surface area (Å²) in [6, 6.07) is 0. The number of rotatable bonds is 1. The van der Waals surface area contributed by atoms with Crippen molar-refractivity contribution >= 4 is 16.4 Å². The monoisotopic (exact) mass is 154 g/mol. The van der Waals surface area contributed by atoms with E-state index in [1.807, 2.05) is 0 Å². The van der Waals surface area contributed by atoms with Crippen molar-refractivity contribution in [3.8, 4) is 0 Å². The third-order valence-electron chi connectivity index (χ3n) is 0.612. The fraction of sp³-hybridized carbons (Fsp3) is 0.500. The van der Waals surface area contributed by atoms with Crippen molar-refractivity contribution in [2.24, 2.45) is 0 Å². The smallest absolute Gasteiger partial charge is 0.406 e. The maximum absolute atomic E-state index is 9.89. The number of hydrogen-bond donors (Lipinski definition) is 1. The standard InChI is InChI=1S/C2H2O6S/c3-1(4)2-7-9(5,6)8-2/h2H,(H,3,4). The van der Waals surface area contributed by atoms with Crippen LogP contribution in [0.15, 0.2) is 0 Å². The normalized spacial score (nSPS) is 24.9. The number of carboxylic acid groups (broad SMARTS) is 1. The van der Waals surface area contributed by atoms with Gasteiger partial charge in [0.25, 0.3) is 6.29 Å². The molecule has 7 heteroatoms. The van der Waals surface area contributed by atoms with Gasteiger partial charge in [-0.2, -0.15) is 8.42 Å². The molecule has 6 nitrogen and oxygen atoms in total. The zero-order valence-electron chi connectivity index (χ0n) is 3.97. The summed E-state index contributed by atoms with van der Waals surface area (Å²) in [5.41, 5.74) is 0. The van der Waals surface area contributed by atoms with E-state index in [-0.39, 0.29) is 0 Å².